The molecule has 0 bridgehead atoms. The van der Waals surface area contributed by atoms with Crippen LogP contribution in [-0.4, -0.2) is 17.9 Å². The van der Waals surface area contributed by atoms with Crippen LogP contribution in [0.3, 0.4) is 0 Å². The number of para-hydroxylation sites is 1. The fourth-order valence-electron chi connectivity index (χ4n) is 2.43. The molecule has 2 amide bonds. The van der Waals surface area contributed by atoms with Crippen LogP contribution in [0, 0.1) is 5.82 Å². The van der Waals surface area contributed by atoms with Crippen LogP contribution < -0.4 is 10.2 Å². The molecule has 0 spiro atoms. The summed E-state index contributed by atoms with van der Waals surface area (Å²) in [5, 5.41) is 3.13. The lowest BCUT2D eigenvalue weighted by molar-refractivity contribution is -0.121. The molecule has 2 aromatic rings. The van der Waals surface area contributed by atoms with Gasteiger partial charge < -0.3 is 5.32 Å². The highest BCUT2D eigenvalue weighted by Gasteiger charge is 2.40. The number of rotatable bonds is 3. The number of carbonyl (C=O) groups excluding carboxylic acids is 2. The average molecular weight is 353 g/mol. The number of hydrogen-bond donors (Lipinski definition) is 1. The largest absolute Gasteiger partial charge is 0.371 e. The van der Waals surface area contributed by atoms with Crippen molar-refractivity contribution >= 4 is 46.4 Å². The van der Waals surface area contributed by atoms with Crippen LogP contribution in [0.2, 0.25) is 10.0 Å². The lowest BCUT2D eigenvalue weighted by Crippen LogP contribution is -2.35. The molecule has 1 saturated heterocycles. The molecule has 0 radical (unpaired) electrons. The van der Waals surface area contributed by atoms with Gasteiger partial charge in [0.15, 0.2) is 0 Å². The summed E-state index contributed by atoms with van der Waals surface area (Å²) in [4.78, 5) is 25.7. The number of carbonyl (C=O) groups is 2. The summed E-state index contributed by atoms with van der Waals surface area (Å²) >= 11 is 12.0. The second-order valence-corrected chi connectivity index (χ2v) is 5.81. The minimum absolute atomic E-state index is 0.0873. The van der Waals surface area contributed by atoms with Crippen molar-refractivity contribution < 1.29 is 14.0 Å². The number of nitrogens with one attached hydrogen (secondary N) is 1. The highest BCUT2D eigenvalue weighted by atomic mass is 35.5. The normalized spacial score (nSPS) is 17.7. The Morgan fingerprint density at radius 3 is 2.57 bits per heavy atom. The van der Waals surface area contributed by atoms with Gasteiger partial charge >= 0.3 is 0 Å². The minimum Gasteiger partial charge on any atom is -0.371 e. The molecule has 7 heteroatoms. The van der Waals surface area contributed by atoms with Crippen LogP contribution in [-0.2, 0) is 9.59 Å². The molecule has 1 unspecified atom stereocenters. The summed E-state index contributed by atoms with van der Waals surface area (Å²) in [7, 11) is 0. The fourth-order valence-corrected chi connectivity index (χ4v) is 2.81. The monoisotopic (exact) mass is 352 g/mol. The first-order chi connectivity index (χ1) is 11.0. The molecule has 0 aliphatic carbocycles. The van der Waals surface area contributed by atoms with Crippen molar-refractivity contribution in [2.24, 2.45) is 0 Å². The van der Waals surface area contributed by atoms with Crippen molar-refractivity contribution in [2.75, 3.05) is 10.2 Å². The van der Waals surface area contributed by atoms with Crippen molar-refractivity contribution in [3.8, 4) is 0 Å². The maximum absolute atomic E-state index is 13.7. The molecular formula is C16H11Cl2FN2O2. The molecule has 118 valence electrons. The van der Waals surface area contributed by atoms with Crippen molar-refractivity contribution in [1.82, 2.24) is 0 Å². The Hall–Kier alpha value is -2.11. The van der Waals surface area contributed by atoms with Crippen LogP contribution >= 0.6 is 23.2 Å². The molecule has 1 heterocycles. The maximum Gasteiger partial charge on any atom is 0.256 e. The zero-order valence-electron chi connectivity index (χ0n) is 11.7. The first kappa shape index (κ1) is 15.8. The van der Waals surface area contributed by atoms with Gasteiger partial charge in [0.05, 0.1) is 27.8 Å². The van der Waals surface area contributed by atoms with Crippen molar-refractivity contribution in [3.05, 3.63) is 58.3 Å². The Morgan fingerprint density at radius 2 is 1.83 bits per heavy atom. The zero-order valence-corrected chi connectivity index (χ0v) is 13.2. The number of benzene rings is 2. The lowest BCUT2D eigenvalue weighted by atomic mass is 10.2. The van der Waals surface area contributed by atoms with E-state index in [1.54, 1.807) is 24.3 Å². The topological polar surface area (TPSA) is 49.4 Å². The van der Waals surface area contributed by atoms with Crippen LogP contribution in [0.5, 0.6) is 0 Å². The predicted octanol–water partition coefficient (Wildman–Crippen LogP) is 3.88. The number of hydrogen-bond acceptors (Lipinski definition) is 3. The molecule has 1 aliphatic heterocycles. The Bertz CT molecular complexity index is 797. The number of imide groups is 1. The Balaban J connectivity index is 1.89. The van der Waals surface area contributed by atoms with Crippen molar-refractivity contribution in [2.45, 2.75) is 12.5 Å². The third-order valence-electron chi connectivity index (χ3n) is 3.52. The van der Waals surface area contributed by atoms with Crippen LogP contribution in [0.15, 0.2) is 42.5 Å². The van der Waals surface area contributed by atoms with Crippen LogP contribution in [0.4, 0.5) is 15.8 Å². The zero-order chi connectivity index (χ0) is 16.6. The first-order valence-electron chi connectivity index (χ1n) is 6.81. The maximum atomic E-state index is 13.7. The molecule has 0 saturated carbocycles. The second-order valence-electron chi connectivity index (χ2n) is 5.02. The number of nitrogens with zero attached hydrogens (tertiary/aromatic N) is 1. The van der Waals surface area contributed by atoms with Gasteiger partial charge in [-0.05, 0) is 24.3 Å². The minimum atomic E-state index is -0.852. The van der Waals surface area contributed by atoms with Gasteiger partial charge in [-0.2, -0.15) is 0 Å². The summed E-state index contributed by atoms with van der Waals surface area (Å²) in [6, 6.07) is 9.80. The molecule has 4 nitrogen and oxygen atoms in total. The number of anilines is 2. The van der Waals surface area contributed by atoms with E-state index in [-0.39, 0.29) is 27.8 Å². The van der Waals surface area contributed by atoms with Gasteiger partial charge in [-0.3, -0.25) is 9.59 Å². The van der Waals surface area contributed by atoms with Gasteiger partial charge in [0.1, 0.15) is 11.9 Å². The van der Waals surface area contributed by atoms with Crippen LogP contribution in [0.25, 0.3) is 0 Å². The van der Waals surface area contributed by atoms with Gasteiger partial charge in [-0.25, -0.2) is 9.29 Å². The molecule has 3 rings (SSSR count). The van der Waals surface area contributed by atoms with Gasteiger partial charge in [-0.15, -0.1) is 0 Å². The molecule has 23 heavy (non-hydrogen) atoms. The van der Waals surface area contributed by atoms with Crippen molar-refractivity contribution in [3.63, 3.8) is 0 Å². The third kappa shape index (κ3) is 2.90. The molecule has 2 aromatic carbocycles. The highest BCUT2D eigenvalue weighted by molar-refractivity contribution is 6.45. The average Bonchev–Trinajstić information content (AvgIpc) is 2.79. The standard InChI is InChI=1S/C16H11Cl2FN2O2/c17-9-4-3-7-13(15(9)18)21-14(22)8-12(16(21)23)20-11-6-2-1-5-10(11)19/h1-7,12,20H,8H2. The Labute approximate surface area is 141 Å². The van der Waals surface area contributed by atoms with E-state index in [0.717, 1.165) is 4.90 Å². The summed E-state index contributed by atoms with van der Waals surface area (Å²) < 4.78 is 13.7. The summed E-state index contributed by atoms with van der Waals surface area (Å²) in [6.45, 7) is 0. The SMILES string of the molecule is O=C1CC(Nc2ccccc2F)C(=O)N1c1cccc(Cl)c1Cl. The van der Waals surface area contributed by atoms with E-state index in [0.29, 0.717) is 0 Å². The molecule has 1 fully saturated rings. The Kier molecular flexibility index (Phi) is 4.24. The number of halogens is 3. The summed E-state index contributed by atoms with van der Waals surface area (Å²) in [5.41, 5.74) is 0.393. The molecular weight excluding hydrogens is 342 g/mol. The quantitative estimate of drug-likeness (QED) is 0.852. The third-order valence-corrected chi connectivity index (χ3v) is 4.33. The van der Waals surface area contributed by atoms with E-state index in [1.807, 2.05) is 0 Å². The fraction of sp³-hybridized carbons (Fsp3) is 0.125. The highest BCUT2D eigenvalue weighted by Crippen LogP contribution is 2.35. The molecule has 1 N–H and O–H groups in total. The molecule has 0 aromatic heterocycles. The van der Waals surface area contributed by atoms with E-state index in [2.05, 4.69) is 5.32 Å². The van der Waals surface area contributed by atoms with Gasteiger partial charge in [0, 0.05) is 0 Å². The van der Waals surface area contributed by atoms with Gasteiger partial charge in [0.2, 0.25) is 5.91 Å². The van der Waals surface area contributed by atoms with Gasteiger partial charge in [-0.1, -0.05) is 41.4 Å². The van der Waals surface area contributed by atoms with E-state index in [4.69, 9.17) is 23.2 Å². The van der Waals surface area contributed by atoms with E-state index in [1.165, 1.54) is 18.2 Å². The van der Waals surface area contributed by atoms with Crippen molar-refractivity contribution in [1.29, 1.82) is 0 Å². The van der Waals surface area contributed by atoms with Crippen LogP contribution in [0.1, 0.15) is 6.42 Å². The van der Waals surface area contributed by atoms with E-state index in [9.17, 15) is 14.0 Å². The molecule has 1 atom stereocenters. The molecule has 1 aliphatic rings. The number of amides is 2. The van der Waals surface area contributed by atoms with E-state index < -0.39 is 23.7 Å². The summed E-state index contributed by atoms with van der Waals surface area (Å²) in [5.74, 6) is -1.41. The van der Waals surface area contributed by atoms with E-state index >= 15 is 0 Å². The summed E-state index contributed by atoms with van der Waals surface area (Å²) in [6.07, 6.45) is -0.0873. The predicted molar refractivity (Wildman–Crippen MR) is 87.4 cm³/mol. The Morgan fingerprint density at radius 1 is 1.09 bits per heavy atom. The smallest absolute Gasteiger partial charge is 0.256 e. The first-order valence-corrected chi connectivity index (χ1v) is 7.56. The lowest BCUT2D eigenvalue weighted by Gasteiger charge is -2.18. The van der Waals surface area contributed by atoms with Gasteiger partial charge in [0.25, 0.3) is 5.91 Å². The second kappa shape index (κ2) is 6.18.